The van der Waals surface area contributed by atoms with Crippen molar-refractivity contribution in [2.24, 2.45) is 11.8 Å². The third kappa shape index (κ3) is 3.27. The van der Waals surface area contributed by atoms with Gasteiger partial charge in [-0.2, -0.15) is 0 Å². The fourth-order valence-corrected chi connectivity index (χ4v) is 5.02. The lowest BCUT2D eigenvalue weighted by molar-refractivity contribution is -0.134. The average molecular weight is 415 g/mol. The Morgan fingerprint density at radius 3 is 3.03 bits per heavy atom. The Morgan fingerprint density at radius 1 is 1.29 bits per heavy atom. The molecule has 1 aromatic carbocycles. The molecule has 1 saturated heterocycles. The summed E-state index contributed by atoms with van der Waals surface area (Å²) in [6.07, 6.45) is 5.60. The zero-order valence-electron chi connectivity index (χ0n) is 17.5. The van der Waals surface area contributed by atoms with Crippen LogP contribution in [-0.4, -0.2) is 46.0 Å². The van der Waals surface area contributed by atoms with E-state index in [1.54, 1.807) is 6.33 Å². The van der Waals surface area contributed by atoms with Crippen molar-refractivity contribution in [3.63, 3.8) is 0 Å². The van der Waals surface area contributed by atoms with Crippen molar-refractivity contribution in [2.45, 2.75) is 37.6 Å². The second kappa shape index (κ2) is 7.16. The Bertz CT molecular complexity index is 1140. The molecule has 7 nitrogen and oxygen atoms in total. The molecule has 3 aliphatic rings. The van der Waals surface area contributed by atoms with Crippen LogP contribution < -0.4 is 10.1 Å². The molecule has 3 atom stereocenters. The number of H-pyrrole nitrogens is 1. The molecule has 3 unspecified atom stereocenters. The third-order valence-corrected chi connectivity index (χ3v) is 7.04. The second-order valence-corrected chi connectivity index (χ2v) is 9.04. The Labute approximate surface area is 181 Å². The van der Waals surface area contributed by atoms with Gasteiger partial charge in [0.05, 0.1) is 18.0 Å². The van der Waals surface area contributed by atoms with Gasteiger partial charge in [0, 0.05) is 37.2 Å². The number of hydrogen-bond donors (Lipinski definition) is 2. The van der Waals surface area contributed by atoms with E-state index in [9.17, 15) is 4.79 Å². The largest absolute Gasteiger partial charge is 0.485 e. The van der Waals surface area contributed by atoms with Gasteiger partial charge in [0.15, 0.2) is 5.75 Å². The number of hydrogen-bond acceptors (Lipinski definition) is 5. The molecule has 3 aromatic rings. The van der Waals surface area contributed by atoms with Crippen LogP contribution in [0.2, 0.25) is 0 Å². The number of carbonyl (C=O) groups is 1. The van der Waals surface area contributed by atoms with Gasteiger partial charge < -0.3 is 19.9 Å². The molecule has 2 aromatic heterocycles. The number of aromatic amines is 1. The summed E-state index contributed by atoms with van der Waals surface area (Å²) in [4.78, 5) is 26.8. The summed E-state index contributed by atoms with van der Waals surface area (Å²) < 4.78 is 6.06. The van der Waals surface area contributed by atoms with Crippen LogP contribution in [0.25, 0.3) is 11.0 Å². The Hall–Kier alpha value is -3.27. The molecule has 0 bridgehead atoms. The summed E-state index contributed by atoms with van der Waals surface area (Å²) in [5.41, 5.74) is 3.16. The second-order valence-electron chi connectivity index (χ2n) is 9.04. The summed E-state index contributed by atoms with van der Waals surface area (Å²) in [5.74, 6) is 2.79. The van der Waals surface area contributed by atoms with Gasteiger partial charge in [0.1, 0.15) is 17.8 Å². The van der Waals surface area contributed by atoms with E-state index in [0.717, 1.165) is 41.1 Å². The summed E-state index contributed by atoms with van der Waals surface area (Å²) in [5, 5.41) is 4.73. The van der Waals surface area contributed by atoms with Crippen LogP contribution in [0.3, 0.4) is 0 Å². The highest BCUT2D eigenvalue weighted by atomic mass is 16.5. The highest BCUT2D eigenvalue weighted by Gasteiger charge is 2.40. The Balaban J connectivity index is 1.37. The van der Waals surface area contributed by atoms with Crippen molar-refractivity contribution in [3.05, 3.63) is 47.9 Å². The van der Waals surface area contributed by atoms with Crippen LogP contribution in [0, 0.1) is 24.0 Å². The van der Waals surface area contributed by atoms with Crippen LogP contribution in [0.1, 0.15) is 48.9 Å². The molecule has 7 heteroatoms. The lowest BCUT2D eigenvalue weighted by Gasteiger charge is -2.40. The number of likely N-dealkylation sites (tertiary alicyclic amines) is 1. The molecule has 1 aliphatic carbocycles. The van der Waals surface area contributed by atoms with Gasteiger partial charge >= 0.3 is 0 Å². The number of carbonyl (C=O) groups excluding carboxylic acids is 1. The van der Waals surface area contributed by atoms with E-state index in [1.807, 2.05) is 24.1 Å². The van der Waals surface area contributed by atoms with Gasteiger partial charge in [-0.1, -0.05) is 6.07 Å². The molecule has 0 radical (unpaired) electrons. The minimum absolute atomic E-state index is 0.0202. The van der Waals surface area contributed by atoms with E-state index in [4.69, 9.17) is 4.74 Å². The molecule has 2 aliphatic heterocycles. The molecule has 0 spiro atoms. The number of aromatic nitrogens is 3. The molecule has 158 valence electrons. The zero-order valence-corrected chi connectivity index (χ0v) is 17.5. The van der Waals surface area contributed by atoms with Crippen LogP contribution in [0.4, 0.5) is 5.82 Å². The van der Waals surface area contributed by atoms with E-state index in [1.165, 1.54) is 18.5 Å². The summed E-state index contributed by atoms with van der Waals surface area (Å²) >= 11 is 0. The predicted molar refractivity (Wildman–Crippen MR) is 116 cm³/mol. The van der Waals surface area contributed by atoms with Gasteiger partial charge in [-0.15, -0.1) is 0 Å². The van der Waals surface area contributed by atoms with Crippen molar-refractivity contribution in [2.75, 3.05) is 25.5 Å². The first-order valence-electron chi connectivity index (χ1n) is 11.1. The van der Waals surface area contributed by atoms with Crippen LogP contribution in [-0.2, 0) is 4.79 Å². The maximum atomic E-state index is 12.4. The normalized spacial score (nSPS) is 25.6. The predicted octanol–water partition coefficient (Wildman–Crippen LogP) is 3.47. The number of anilines is 1. The summed E-state index contributed by atoms with van der Waals surface area (Å²) in [6.45, 7) is 1.34. The molecular weight excluding hydrogens is 390 g/mol. The number of nitrogens with zero attached hydrogens (tertiary/aromatic N) is 3. The summed E-state index contributed by atoms with van der Waals surface area (Å²) in [7, 11) is 1.88. The molecule has 4 heterocycles. The van der Waals surface area contributed by atoms with Crippen molar-refractivity contribution < 1.29 is 9.53 Å². The molecule has 6 rings (SSSR count). The summed E-state index contributed by atoms with van der Waals surface area (Å²) in [6, 6.07) is 12.2. The topological polar surface area (TPSA) is 83.1 Å². The quantitative estimate of drug-likeness (QED) is 0.682. The number of amides is 1. The average Bonchev–Trinajstić information content (AvgIpc) is 3.55. The zero-order chi connectivity index (χ0) is 20.9. The molecule has 1 amide bonds. The van der Waals surface area contributed by atoms with Crippen molar-refractivity contribution in [3.8, 4) is 5.75 Å². The lowest BCUT2D eigenvalue weighted by atomic mass is 9.76. The van der Waals surface area contributed by atoms with E-state index < -0.39 is 0 Å². The Kier molecular flexibility index (Phi) is 4.27. The number of nitrogens with one attached hydrogen (secondary N) is 2. The van der Waals surface area contributed by atoms with Gasteiger partial charge in [-0.3, -0.25) is 4.79 Å². The number of rotatable bonds is 4. The van der Waals surface area contributed by atoms with Crippen LogP contribution in [0.15, 0.2) is 24.5 Å². The fraction of sp³-hybridized carbons (Fsp3) is 0.458. The first kappa shape index (κ1) is 18.5. The highest BCUT2D eigenvalue weighted by Crippen LogP contribution is 2.44. The molecule has 2 fully saturated rings. The third-order valence-electron chi connectivity index (χ3n) is 7.04. The molecular formula is C24H25N5O2. The van der Waals surface area contributed by atoms with Gasteiger partial charge in [-0.05, 0) is 55.4 Å². The maximum Gasteiger partial charge on any atom is 0.222 e. The minimum atomic E-state index is -0.0202. The highest BCUT2D eigenvalue weighted by molar-refractivity contribution is 5.88. The van der Waals surface area contributed by atoms with Crippen molar-refractivity contribution in [1.82, 2.24) is 19.9 Å². The number of ether oxygens (including phenoxy) is 1. The van der Waals surface area contributed by atoms with E-state index in [-0.39, 0.29) is 23.8 Å². The van der Waals surface area contributed by atoms with Crippen molar-refractivity contribution >= 4 is 22.8 Å². The Morgan fingerprint density at radius 2 is 2.19 bits per heavy atom. The number of piperidine rings is 1. The van der Waals surface area contributed by atoms with Crippen LogP contribution in [0.5, 0.6) is 5.75 Å². The minimum Gasteiger partial charge on any atom is -0.485 e. The number of fused-ring (bicyclic) bond motifs is 2. The molecule has 2 N–H and O–H groups in total. The maximum absolute atomic E-state index is 12.4. The monoisotopic (exact) mass is 415 g/mol. The SMILES string of the molecule is CN1CCC(C2COc3c#cccc3C2Nc2ncnc3[nH]c(C4CC4)cc23)CC1=O. The molecule has 31 heavy (non-hydrogen) atoms. The van der Waals surface area contributed by atoms with E-state index >= 15 is 0 Å². The van der Waals surface area contributed by atoms with Gasteiger partial charge in [0.25, 0.3) is 0 Å². The van der Waals surface area contributed by atoms with Gasteiger partial charge in [-0.25, -0.2) is 9.97 Å². The van der Waals surface area contributed by atoms with Crippen molar-refractivity contribution in [1.29, 1.82) is 0 Å². The van der Waals surface area contributed by atoms with Crippen LogP contribution >= 0.6 is 0 Å². The lowest BCUT2D eigenvalue weighted by Crippen LogP contribution is -2.43. The standard InChI is InChI=1S/C24H25N5O2/c1-29-9-8-15(10-21(29)30)18-12-31-20-5-3-2-4-16(20)22(18)28-24-17-11-19(14-6-7-14)27-23(17)25-13-26-24/h2,4,11,13-15,18,22H,6-10,12H2,1H3,(H2,25,26,27,28). The van der Waals surface area contributed by atoms with E-state index in [0.29, 0.717) is 18.9 Å². The first-order valence-corrected chi connectivity index (χ1v) is 11.1. The fourth-order valence-electron chi connectivity index (χ4n) is 5.02. The first-order chi connectivity index (χ1) is 15.2. The molecule has 1 saturated carbocycles. The smallest absolute Gasteiger partial charge is 0.222 e. The van der Waals surface area contributed by atoms with Gasteiger partial charge in [0.2, 0.25) is 5.91 Å². The van der Waals surface area contributed by atoms with E-state index in [2.05, 4.69) is 38.5 Å².